The molecule has 0 bridgehead atoms. The zero-order valence-corrected chi connectivity index (χ0v) is 12.1. The van der Waals surface area contributed by atoms with Crippen molar-refractivity contribution in [3.63, 3.8) is 0 Å². The van der Waals surface area contributed by atoms with Crippen molar-refractivity contribution in [2.75, 3.05) is 0 Å². The van der Waals surface area contributed by atoms with Crippen molar-refractivity contribution in [1.82, 2.24) is 0 Å². The molecule has 0 aliphatic carbocycles. The Morgan fingerprint density at radius 2 is 2.13 bits per heavy atom. The van der Waals surface area contributed by atoms with Crippen LogP contribution in [0.5, 0.6) is 0 Å². The highest BCUT2D eigenvalue weighted by molar-refractivity contribution is 14.1. The van der Waals surface area contributed by atoms with Crippen LogP contribution >= 0.6 is 49.9 Å². The zero-order chi connectivity index (χ0) is 10.8. The minimum atomic E-state index is 0.0710. The highest BCUT2D eigenvalue weighted by Gasteiger charge is 2.12. The Balaban J connectivity index is 2.46. The Bertz CT molecular complexity index is 493. The van der Waals surface area contributed by atoms with Crippen LogP contribution in [0.1, 0.15) is 15.9 Å². The lowest BCUT2D eigenvalue weighted by Crippen LogP contribution is -2.00. The summed E-state index contributed by atoms with van der Waals surface area (Å²) in [5, 5.41) is 3.78. The number of benzene rings is 1. The maximum Gasteiger partial charge on any atom is 0.195 e. The van der Waals surface area contributed by atoms with E-state index in [9.17, 15) is 4.79 Å². The first-order chi connectivity index (χ1) is 7.18. The molecule has 1 heterocycles. The second-order valence-corrected chi connectivity index (χ2v) is 5.85. The molecule has 0 fully saturated rings. The minimum absolute atomic E-state index is 0.0710. The predicted molar refractivity (Wildman–Crippen MR) is 74.6 cm³/mol. The fraction of sp³-hybridized carbons (Fsp3) is 0. The van der Waals surface area contributed by atoms with Gasteiger partial charge in [0.1, 0.15) is 0 Å². The van der Waals surface area contributed by atoms with Crippen molar-refractivity contribution in [3.05, 3.63) is 54.2 Å². The SMILES string of the molecule is O=C(c1ccsc1)c1cc(I)ccc1Br. The molecule has 0 saturated heterocycles. The number of thiophene rings is 1. The standard InChI is InChI=1S/C11H6BrIOS/c12-10-2-1-8(13)5-9(10)11(14)7-3-4-15-6-7/h1-6H. The van der Waals surface area contributed by atoms with Crippen molar-refractivity contribution in [2.24, 2.45) is 0 Å². The fourth-order valence-corrected chi connectivity index (χ4v) is 2.77. The van der Waals surface area contributed by atoms with Crippen LogP contribution in [-0.4, -0.2) is 5.78 Å². The minimum Gasteiger partial charge on any atom is -0.289 e. The van der Waals surface area contributed by atoms with Gasteiger partial charge in [0.25, 0.3) is 0 Å². The van der Waals surface area contributed by atoms with E-state index in [-0.39, 0.29) is 5.78 Å². The van der Waals surface area contributed by atoms with Crippen LogP contribution < -0.4 is 0 Å². The van der Waals surface area contributed by atoms with Gasteiger partial charge in [-0.3, -0.25) is 4.79 Å². The van der Waals surface area contributed by atoms with E-state index < -0.39 is 0 Å². The first-order valence-corrected chi connectivity index (χ1v) is 7.02. The first-order valence-electron chi connectivity index (χ1n) is 4.20. The molecule has 0 aliphatic heterocycles. The van der Waals surface area contributed by atoms with Crippen molar-refractivity contribution in [1.29, 1.82) is 0 Å². The molecule has 0 saturated carbocycles. The van der Waals surface area contributed by atoms with E-state index in [4.69, 9.17) is 0 Å². The molecule has 0 radical (unpaired) electrons. The van der Waals surface area contributed by atoms with Gasteiger partial charge in [-0.15, -0.1) is 0 Å². The summed E-state index contributed by atoms with van der Waals surface area (Å²) in [5.41, 5.74) is 1.48. The lowest BCUT2D eigenvalue weighted by atomic mass is 10.1. The molecule has 1 nitrogen and oxygen atoms in total. The van der Waals surface area contributed by atoms with Gasteiger partial charge in [0.2, 0.25) is 0 Å². The zero-order valence-electron chi connectivity index (χ0n) is 7.54. The fourth-order valence-electron chi connectivity index (χ4n) is 1.22. The second kappa shape index (κ2) is 4.76. The van der Waals surface area contributed by atoms with Gasteiger partial charge >= 0.3 is 0 Å². The van der Waals surface area contributed by atoms with E-state index in [1.54, 1.807) is 0 Å². The largest absolute Gasteiger partial charge is 0.289 e. The highest BCUT2D eigenvalue weighted by Crippen LogP contribution is 2.23. The maximum atomic E-state index is 12.1. The number of hydrogen-bond donors (Lipinski definition) is 0. The molecule has 0 amide bonds. The van der Waals surface area contributed by atoms with Crippen molar-refractivity contribution in [2.45, 2.75) is 0 Å². The third-order valence-corrected chi connectivity index (χ3v) is 4.00. The van der Waals surface area contributed by atoms with E-state index in [0.717, 1.165) is 19.2 Å². The van der Waals surface area contributed by atoms with E-state index >= 15 is 0 Å². The van der Waals surface area contributed by atoms with Gasteiger partial charge in [-0.05, 0) is 52.2 Å². The molecule has 0 aliphatic rings. The topological polar surface area (TPSA) is 17.1 Å². The molecule has 0 atom stereocenters. The molecule has 0 unspecified atom stereocenters. The Hall–Kier alpha value is -0.200. The van der Waals surface area contributed by atoms with Crippen molar-refractivity contribution < 1.29 is 4.79 Å². The smallest absolute Gasteiger partial charge is 0.195 e. The van der Waals surface area contributed by atoms with Crippen LogP contribution in [0.4, 0.5) is 0 Å². The number of hydrogen-bond acceptors (Lipinski definition) is 2. The van der Waals surface area contributed by atoms with E-state index in [0.29, 0.717) is 0 Å². The van der Waals surface area contributed by atoms with Gasteiger partial charge in [-0.25, -0.2) is 0 Å². The Morgan fingerprint density at radius 3 is 2.80 bits per heavy atom. The lowest BCUT2D eigenvalue weighted by Gasteiger charge is -2.02. The Kier molecular flexibility index (Phi) is 3.58. The van der Waals surface area contributed by atoms with E-state index in [1.807, 2.05) is 35.0 Å². The highest BCUT2D eigenvalue weighted by atomic mass is 127. The quantitative estimate of drug-likeness (QED) is 0.548. The molecule has 15 heavy (non-hydrogen) atoms. The van der Waals surface area contributed by atoms with Crippen LogP contribution in [-0.2, 0) is 0 Å². The summed E-state index contributed by atoms with van der Waals surface area (Å²) in [6.45, 7) is 0. The monoisotopic (exact) mass is 392 g/mol. The van der Waals surface area contributed by atoms with Crippen LogP contribution in [0, 0.1) is 3.57 Å². The van der Waals surface area contributed by atoms with Crippen LogP contribution in [0.15, 0.2) is 39.5 Å². The van der Waals surface area contributed by atoms with Gasteiger partial charge in [-0.1, -0.05) is 15.9 Å². The van der Waals surface area contributed by atoms with Crippen LogP contribution in [0.2, 0.25) is 0 Å². The number of halogens is 2. The molecule has 0 spiro atoms. The van der Waals surface area contributed by atoms with Gasteiger partial charge < -0.3 is 0 Å². The maximum absolute atomic E-state index is 12.1. The molecule has 2 rings (SSSR count). The molecule has 1 aromatic carbocycles. The molecule has 0 N–H and O–H groups in total. The Labute approximate surface area is 114 Å². The number of ketones is 1. The van der Waals surface area contributed by atoms with Crippen LogP contribution in [0.25, 0.3) is 0 Å². The van der Waals surface area contributed by atoms with Gasteiger partial charge in [0.15, 0.2) is 5.78 Å². The van der Waals surface area contributed by atoms with Crippen molar-refractivity contribution in [3.8, 4) is 0 Å². The predicted octanol–water partition coefficient (Wildman–Crippen LogP) is 4.35. The molecule has 1 aromatic heterocycles. The summed E-state index contributed by atoms with van der Waals surface area (Å²) in [5.74, 6) is 0.0710. The average Bonchev–Trinajstić information content (AvgIpc) is 2.74. The summed E-state index contributed by atoms with van der Waals surface area (Å²) in [6.07, 6.45) is 0. The van der Waals surface area contributed by atoms with Gasteiger partial charge in [0, 0.05) is 24.5 Å². The summed E-state index contributed by atoms with van der Waals surface area (Å²) in [6, 6.07) is 7.61. The molecular weight excluding hydrogens is 387 g/mol. The number of carbonyl (C=O) groups excluding carboxylic acids is 1. The van der Waals surface area contributed by atoms with Gasteiger partial charge in [0.05, 0.1) is 0 Å². The molecular formula is C11H6BrIOS. The van der Waals surface area contributed by atoms with Crippen LogP contribution in [0.3, 0.4) is 0 Å². The first kappa shape index (κ1) is 11.3. The van der Waals surface area contributed by atoms with Crippen molar-refractivity contribution >= 4 is 55.6 Å². The third kappa shape index (κ3) is 2.49. The van der Waals surface area contributed by atoms with E-state index in [1.165, 1.54) is 11.3 Å². The number of rotatable bonds is 2. The lowest BCUT2D eigenvalue weighted by molar-refractivity contribution is 0.103. The number of carbonyl (C=O) groups is 1. The molecule has 2 aromatic rings. The summed E-state index contributed by atoms with van der Waals surface area (Å²) >= 11 is 7.13. The molecule has 4 heteroatoms. The summed E-state index contributed by atoms with van der Waals surface area (Å²) < 4.78 is 1.91. The summed E-state index contributed by atoms with van der Waals surface area (Å²) in [7, 11) is 0. The van der Waals surface area contributed by atoms with E-state index in [2.05, 4.69) is 38.5 Å². The summed E-state index contributed by atoms with van der Waals surface area (Å²) in [4.78, 5) is 12.1. The third-order valence-electron chi connectivity index (χ3n) is 1.96. The average molecular weight is 393 g/mol. The second-order valence-electron chi connectivity index (χ2n) is 2.97. The molecule has 76 valence electrons. The van der Waals surface area contributed by atoms with Gasteiger partial charge in [-0.2, -0.15) is 11.3 Å². The Morgan fingerprint density at radius 1 is 1.33 bits per heavy atom. The normalized spacial score (nSPS) is 10.3.